The molecule has 2 atom stereocenters. The summed E-state index contributed by atoms with van der Waals surface area (Å²) in [5, 5.41) is 3.12. The Labute approximate surface area is 87.2 Å². The van der Waals surface area contributed by atoms with Gasteiger partial charge in [-0.15, -0.1) is 0 Å². The van der Waals surface area contributed by atoms with E-state index in [0.29, 0.717) is 0 Å². The number of hydrogen-bond acceptors (Lipinski definition) is 3. The molecule has 1 N–H and O–H groups in total. The molecule has 0 aliphatic heterocycles. The molecule has 0 bridgehead atoms. The Hall–Kier alpha value is -0.0900. The number of nitrogens with one attached hydrogen (secondary N) is 1. The molecule has 1 fully saturated rings. The van der Waals surface area contributed by atoms with Gasteiger partial charge in [0.05, 0.1) is 5.25 Å². The molecule has 84 valence electrons. The standard InChI is InChI=1S/C10H21NO2S/c1-5-11-9-8(14(4,12)13)6-7-10(9,2)3/h8-9,11H,5-7H2,1-4H3. The molecule has 0 aromatic carbocycles. The van der Waals surface area contributed by atoms with Crippen LogP contribution in [0.2, 0.25) is 0 Å². The molecule has 0 saturated heterocycles. The lowest BCUT2D eigenvalue weighted by Crippen LogP contribution is -2.47. The maximum Gasteiger partial charge on any atom is 0.151 e. The molecule has 1 rings (SSSR count). The zero-order valence-corrected chi connectivity index (χ0v) is 10.3. The van der Waals surface area contributed by atoms with Crippen molar-refractivity contribution in [2.45, 2.75) is 44.9 Å². The van der Waals surface area contributed by atoms with Crippen LogP contribution in [-0.2, 0) is 9.84 Å². The zero-order valence-electron chi connectivity index (χ0n) is 9.50. The molecular formula is C10H21NO2S. The van der Waals surface area contributed by atoms with E-state index in [-0.39, 0.29) is 16.7 Å². The molecule has 0 aromatic rings. The quantitative estimate of drug-likeness (QED) is 0.776. The number of rotatable bonds is 3. The molecule has 0 heterocycles. The lowest BCUT2D eigenvalue weighted by Gasteiger charge is -2.30. The minimum absolute atomic E-state index is 0.101. The van der Waals surface area contributed by atoms with E-state index in [4.69, 9.17) is 0 Å². The van der Waals surface area contributed by atoms with Crippen molar-refractivity contribution in [3.8, 4) is 0 Å². The third-order valence-electron chi connectivity index (χ3n) is 3.26. The Bertz CT molecular complexity index is 295. The van der Waals surface area contributed by atoms with Gasteiger partial charge in [0.1, 0.15) is 0 Å². The van der Waals surface area contributed by atoms with Gasteiger partial charge in [0, 0.05) is 12.3 Å². The Morgan fingerprint density at radius 1 is 1.43 bits per heavy atom. The van der Waals surface area contributed by atoms with E-state index in [2.05, 4.69) is 19.2 Å². The molecule has 0 aromatic heterocycles. The minimum atomic E-state index is -2.91. The monoisotopic (exact) mass is 219 g/mol. The summed E-state index contributed by atoms with van der Waals surface area (Å²) in [6.45, 7) is 7.14. The van der Waals surface area contributed by atoms with Crippen LogP contribution in [-0.4, -0.2) is 32.5 Å². The molecule has 1 aliphatic rings. The van der Waals surface area contributed by atoms with Crippen LogP contribution in [0.3, 0.4) is 0 Å². The van der Waals surface area contributed by atoms with Crippen molar-refractivity contribution >= 4 is 9.84 Å². The van der Waals surface area contributed by atoms with Gasteiger partial charge in [-0.05, 0) is 24.8 Å². The van der Waals surface area contributed by atoms with Crippen LogP contribution in [0.4, 0.5) is 0 Å². The van der Waals surface area contributed by atoms with Gasteiger partial charge in [-0.3, -0.25) is 0 Å². The normalized spacial score (nSPS) is 32.0. The Kier molecular flexibility index (Phi) is 3.26. The van der Waals surface area contributed by atoms with Crippen molar-refractivity contribution in [1.29, 1.82) is 0 Å². The molecular weight excluding hydrogens is 198 g/mol. The molecule has 0 spiro atoms. The van der Waals surface area contributed by atoms with Gasteiger partial charge in [0.2, 0.25) is 0 Å². The average Bonchev–Trinajstić information content (AvgIpc) is 2.27. The second-order valence-electron chi connectivity index (χ2n) is 4.93. The first-order valence-electron chi connectivity index (χ1n) is 5.21. The topological polar surface area (TPSA) is 46.2 Å². The smallest absolute Gasteiger partial charge is 0.151 e. The van der Waals surface area contributed by atoms with Gasteiger partial charge < -0.3 is 5.32 Å². The van der Waals surface area contributed by atoms with Gasteiger partial charge >= 0.3 is 0 Å². The first-order chi connectivity index (χ1) is 6.29. The molecule has 0 amide bonds. The Balaban J connectivity index is 2.90. The third-order valence-corrected chi connectivity index (χ3v) is 4.87. The number of hydrogen-bond donors (Lipinski definition) is 1. The average molecular weight is 219 g/mol. The summed E-state index contributed by atoms with van der Waals surface area (Å²) in [6, 6.07) is 0.113. The second-order valence-corrected chi connectivity index (χ2v) is 7.20. The highest BCUT2D eigenvalue weighted by Crippen LogP contribution is 2.40. The predicted octanol–water partition coefficient (Wildman–Crippen LogP) is 1.20. The lowest BCUT2D eigenvalue weighted by molar-refractivity contribution is 0.288. The van der Waals surface area contributed by atoms with E-state index in [1.54, 1.807) is 0 Å². The molecule has 14 heavy (non-hydrogen) atoms. The fraction of sp³-hybridized carbons (Fsp3) is 1.00. The summed E-state index contributed by atoms with van der Waals surface area (Å²) in [5.74, 6) is 0. The van der Waals surface area contributed by atoms with Crippen molar-refractivity contribution in [2.75, 3.05) is 12.8 Å². The molecule has 1 aliphatic carbocycles. The van der Waals surface area contributed by atoms with Crippen LogP contribution < -0.4 is 5.32 Å². The minimum Gasteiger partial charge on any atom is -0.312 e. The highest BCUT2D eigenvalue weighted by Gasteiger charge is 2.45. The van der Waals surface area contributed by atoms with Gasteiger partial charge in [0.25, 0.3) is 0 Å². The van der Waals surface area contributed by atoms with Gasteiger partial charge in [-0.1, -0.05) is 20.8 Å². The molecule has 2 unspecified atom stereocenters. The van der Waals surface area contributed by atoms with E-state index in [1.165, 1.54) is 6.26 Å². The van der Waals surface area contributed by atoms with Crippen LogP contribution in [0.15, 0.2) is 0 Å². The van der Waals surface area contributed by atoms with Crippen LogP contribution >= 0.6 is 0 Å². The van der Waals surface area contributed by atoms with E-state index in [1.807, 2.05) is 6.92 Å². The van der Waals surface area contributed by atoms with Crippen LogP contribution in [0.5, 0.6) is 0 Å². The van der Waals surface area contributed by atoms with Crippen molar-refractivity contribution in [1.82, 2.24) is 5.32 Å². The maximum absolute atomic E-state index is 11.6. The third kappa shape index (κ3) is 2.28. The summed E-state index contributed by atoms with van der Waals surface area (Å²) in [6.07, 6.45) is 3.13. The summed E-state index contributed by atoms with van der Waals surface area (Å²) in [4.78, 5) is 0. The molecule has 1 saturated carbocycles. The fourth-order valence-electron chi connectivity index (χ4n) is 2.43. The van der Waals surface area contributed by atoms with Crippen LogP contribution in [0, 0.1) is 5.41 Å². The zero-order chi connectivity index (χ0) is 11.0. The fourth-order valence-corrected chi connectivity index (χ4v) is 3.93. The maximum atomic E-state index is 11.6. The highest BCUT2D eigenvalue weighted by atomic mass is 32.2. The van der Waals surface area contributed by atoms with Gasteiger partial charge in [0.15, 0.2) is 9.84 Å². The Morgan fingerprint density at radius 2 is 2.00 bits per heavy atom. The van der Waals surface area contributed by atoms with Crippen molar-refractivity contribution < 1.29 is 8.42 Å². The predicted molar refractivity (Wildman–Crippen MR) is 59.1 cm³/mol. The summed E-state index contributed by atoms with van der Waals surface area (Å²) >= 11 is 0. The first-order valence-corrected chi connectivity index (χ1v) is 7.16. The van der Waals surface area contributed by atoms with E-state index in [9.17, 15) is 8.42 Å². The molecule has 4 heteroatoms. The van der Waals surface area contributed by atoms with Crippen molar-refractivity contribution in [3.63, 3.8) is 0 Å². The number of sulfone groups is 1. The highest BCUT2D eigenvalue weighted by molar-refractivity contribution is 7.91. The van der Waals surface area contributed by atoms with Gasteiger partial charge in [-0.25, -0.2) is 8.42 Å². The van der Waals surface area contributed by atoms with Crippen molar-refractivity contribution in [3.05, 3.63) is 0 Å². The lowest BCUT2D eigenvalue weighted by atomic mass is 9.87. The largest absolute Gasteiger partial charge is 0.312 e. The molecule has 0 radical (unpaired) electrons. The van der Waals surface area contributed by atoms with Gasteiger partial charge in [-0.2, -0.15) is 0 Å². The SMILES string of the molecule is CCNC1C(S(C)(=O)=O)CCC1(C)C. The molecule has 3 nitrogen and oxygen atoms in total. The van der Waals surface area contributed by atoms with E-state index >= 15 is 0 Å². The van der Waals surface area contributed by atoms with E-state index in [0.717, 1.165) is 19.4 Å². The second kappa shape index (κ2) is 3.81. The van der Waals surface area contributed by atoms with Crippen LogP contribution in [0.25, 0.3) is 0 Å². The van der Waals surface area contributed by atoms with Crippen LogP contribution in [0.1, 0.15) is 33.6 Å². The summed E-state index contributed by atoms with van der Waals surface area (Å²) in [7, 11) is -2.91. The van der Waals surface area contributed by atoms with E-state index < -0.39 is 9.84 Å². The summed E-state index contributed by atoms with van der Waals surface area (Å²) < 4.78 is 23.1. The summed E-state index contributed by atoms with van der Waals surface area (Å²) in [5.41, 5.74) is 0.101. The Morgan fingerprint density at radius 3 is 2.43 bits per heavy atom. The van der Waals surface area contributed by atoms with Crippen molar-refractivity contribution in [2.24, 2.45) is 5.41 Å². The first kappa shape index (κ1) is 12.0.